The second-order valence-electron chi connectivity index (χ2n) is 4.39. The highest BCUT2D eigenvalue weighted by Gasteiger charge is 2.42. The van der Waals surface area contributed by atoms with Crippen LogP contribution in [0.4, 0.5) is 8.78 Å². The monoisotopic (exact) mass is 290 g/mol. The fourth-order valence-corrected chi connectivity index (χ4v) is 2.34. The Kier molecular flexibility index (Phi) is 3.05. The average molecular weight is 291 g/mol. The van der Waals surface area contributed by atoms with E-state index in [1.807, 2.05) is 12.1 Å². The minimum atomic E-state index is -2.61. The molecule has 0 radical (unpaired) electrons. The van der Waals surface area contributed by atoms with E-state index in [4.69, 9.17) is 0 Å². The smallest absolute Gasteiger partial charge is 0.248 e. The van der Waals surface area contributed by atoms with Gasteiger partial charge in [-0.15, -0.1) is 0 Å². The summed E-state index contributed by atoms with van der Waals surface area (Å²) in [6.45, 7) is 0. The third-order valence-corrected chi connectivity index (χ3v) is 3.72. The maximum Gasteiger partial charge on any atom is 0.248 e. The number of benzene rings is 1. The molecule has 1 nitrogen and oxygen atoms in total. The van der Waals surface area contributed by atoms with E-state index in [2.05, 4.69) is 15.9 Å². The van der Waals surface area contributed by atoms with Gasteiger partial charge in [-0.2, -0.15) is 0 Å². The van der Waals surface area contributed by atoms with E-state index < -0.39 is 11.5 Å². The number of hydrogen-bond acceptors (Lipinski definition) is 1. The molecule has 0 spiro atoms. The normalized spacial score (nSPS) is 23.0. The van der Waals surface area contributed by atoms with Gasteiger partial charge in [-0.25, -0.2) is 8.78 Å². The summed E-state index contributed by atoms with van der Waals surface area (Å²) < 4.78 is 26.9. The maximum absolute atomic E-state index is 13.0. The molecule has 0 bridgehead atoms. The maximum atomic E-state index is 13.0. The predicted molar refractivity (Wildman–Crippen MR) is 61.5 cm³/mol. The van der Waals surface area contributed by atoms with Gasteiger partial charge in [0.05, 0.1) is 5.60 Å². The molecular formula is C12H13BrF2O. The van der Waals surface area contributed by atoms with E-state index in [0.717, 1.165) is 10.0 Å². The van der Waals surface area contributed by atoms with Crippen LogP contribution in [0.2, 0.25) is 0 Å². The first-order valence-corrected chi connectivity index (χ1v) is 6.07. The van der Waals surface area contributed by atoms with E-state index >= 15 is 0 Å². The minimum Gasteiger partial charge on any atom is -0.385 e. The molecule has 4 heteroatoms. The standard InChI is InChI=1S/C12H13BrF2O/c13-10-3-1-9(2-4-10)11(16)5-7-12(14,15)8-6-11/h1-4,16H,5-8H2. The van der Waals surface area contributed by atoms with Gasteiger partial charge in [0, 0.05) is 17.3 Å². The van der Waals surface area contributed by atoms with Crippen LogP contribution in [0.15, 0.2) is 28.7 Å². The van der Waals surface area contributed by atoms with E-state index in [1.165, 1.54) is 0 Å². The fourth-order valence-electron chi connectivity index (χ4n) is 2.08. The summed E-state index contributed by atoms with van der Waals surface area (Å²) in [4.78, 5) is 0. The van der Waals surface area contributed by atoms with Crippen molar-refractivity contribution in [1.29, 1.82) is 0 Å². The molecule has 1 aromatic carbocycles. The highest BCUT2D eigenvalue weighted by molar-refractivity contribution is 9.10. The molecule has 1 aliphatic carbocycles. The molecular weight excluding hydrogens is 278 g/mol. The molecule has 1 fully saturated rings. The third-order valence-electron chi connectivity index (χ3n) is 3.19. The van der Waals surface area contributed by atoms with Crippen molar-refractivity contribution in [2.75, 3.05) is 0 Å². The first kappa shape index (κ1) is 12.0. The molecule has 0 saturated heterocycles. The molecule has 1 N–H and O–H groups in total. The van der Waals surface area contributed by atoms with Crippen molar-refractivity contribution < 1.29 is 13.9 Å². The van der Waals surface area contributed by atoms with Crippen molar-refractivity contribution in [2.24, 2.45) is 0 Å². The van der Waals surface area contributed by atoms with Crippen LogP contribution in [0.25, 0.3) is 0 Å². The van der Waals surface area contributed by atoms with E-state index in [1.54, 1.807) is 12.1 Å². The molecule has 0 heterocycles. The Balaban J connectivity index is 2.18. The quantitative estimate of drug-likeness (QED) is 0.833. The molecule has 0 atom stereocenters. The number of alkyl halides is 2. The summed E-state index contributed by atoms with van der Waals surface area (Å²) in [7, 11) is 0. The van der Waals surface area contributed by atoms with Crippen molar-refractivity contribution in [3.63, 3.8) is 0 Å². The Hall–Kier alpha value is -0.480. The Labute approximate surface area is 102 Å². The summed E-state index contributed by atoms with van der Waals surface area (Å²) in [5.41, 5.74) is -0.353. The summed E-state index contributed by atoms with van der Waals surface area (Å²) in [6, 6.07) is 7.21. The van der Waals surface area contributed by atoms with Crippen molar-refractivity contribution in [3.8, 4) is 0 Å². The lowest BCUT2D eigenvalue weighted by Gasteiger charge is -2.36. The van der Waals surface area contributed by atoms with E-state index in [0.29, 0.717) is 0 Å². The molecule has 1 aromatic rings. The molecule has 0 aliphatic heterocycles. The second kappa shape index (κ2) is 4.08. The van der Waals surface area contributed by atoms with Crippen molar-refractivity contribution in [2.45, 2.75) is 37.2 Å². The summed E-state index contributed by atoms with van der Waals surface area (Å²) in [5.74, 6) is -2.61. The van der Waals surface area contributed by atoms with Gasteiger partial charge in [0.25, 0.3) is 0 Å². The van der Waals surface area contributed by atoms with Gasteiger partial charge in [-0.05, 0) is 30.5 Å². The van der Waals surface area contributed by atoms with E-state index in [-0.39, 0.29) is 25.7 Å². The molecule has 1 aliphatic rings. The largest absolute Gasteiger partial charge is 0.385 e. The van der Waals surface area contributed by atoms with Crippen molar-refractivity contribution in [3.05, 3.63) is 34.3 Å². The fraction of sp³-hybridized carbons (Fsp3) is 0.500. The van der Waals surface area contributed by atoms with Gasteiger partial charge in [0.2, 0.25) is 5.92 Å². The average Bonchev–Trinajstić information content (AvgIpc) is 2.24. The van der Waals surface area contributed by atoms with Crippen LogP contribution < -0.4 is 0 Å². The highest BCUT2D eigenvalue weighted by atomic mass is 79.9. The molecule has 0 aromatic heterocycles. The minimum absolute atomic E-state index is 0.127. The third kappa shape index (κ3) is 2.43. The Morgan fingerprint density at radius 3 is 2.00 bits per heavy atom. The Morgan fingerprint density at radius 1 is 1.00 bits per heavy atom. The molecule has 0 amide bonds. The topological polar surface area (TPSA) is 20.2 Å². The molecule has 0 unspecified atom stereocenters. The number of rotatable bonds is 1. The Bertz CT molecular complexity index is 365. The second-order valence-corrected chi connectivity index (χ2v) is 5.31. The molecule has 1 saturated carbocycles. The predicted octanol–water partition coefficient (Wildman–Crippen LogP) is 3.85. The first-order chi connectivity index (χ1) is 7.41. The van der Waals surface area contributed by atoms with Crippen LogP contribution in [0, 0.1) is 0 Å². The van der Waals surface area contributed by atoms with Crippen LogP contribution >= 0.6 is 15.9 Å². The lowest BCUT2D eigenvalue weighted by atomic mass is 9.78. The zero-order valence-corrected chi connectivity index (χ0v) is 10.3. The number of aliphatic hydroxyl groups is 1. The van der Waals surface area contributed by atoms with Gasteiger partial charge in [-0.3, -0.25) is 0 Å². The van der Waals surface area contributed by atoms with Crippen LogP contribution in [-0.2, 0) is 5.60 Å². The summed E-state index contributed by atoms with van der Waals surface area (Å²) >= 11 is 3.30. The zero-order valence-electron chi connectivity index (χ0n) is 8.72. The van der Waals surface area contributed by atoms with Crippen molar-refractivity contribution >= 4 is 15.9 Å². The van der Waals surface area contributed by atoms with E-state index in [9.17, 15) is 13.9 Å². The number of halogens is 3. The molecule has 16 heavy (non-hydrogen) atoms. The lowest BCUT2D eigenvalue weighted by Crippen LogP contribution is -2.36. The van der Waals surface area contributed by atoms with Gasteiger partial charge < -0.3 is 5.11 Å². The first-order valence-electron chi connectivity index (χ1n) is 5.28. The van der Waals surface area contributed by atoms with Crippen molar-refractivity contribution in [1.82, 2.24) is 0 Å². The van der Waals surface area contributed by atoms with Gasteiger partial charge in [-0.1, -0.05) is 28.1 Å². The van der Waals surface area contributed by atoms with Crippen LogP contribution in [0.3, 0.4) is 0 Å². The summed E-state index contributed by atoms with van der Waals surface area (Å²) in [5, 5.41) is 10.3. The lowest BCUT2D eigenvalue weighted by molar-refractivity contribution is -0.107. The van der Waals surface area contributed by atoms with Gasteiger partial charge >= 0.3 is 0 Å². The van der Waals surface area contributed by atoms with Crippen LogP contribution in [0.1, 0.15) is 31.2 Å². The molecule has 88 valence electrons. The van der Waals surface area contributed by atoms with Gasteiger partial charge in [0.15, 0.2) is 0 Å². The van der Waals surface area contributed by atoms with Crippen LogP contribution in [0.5, 0.6) is 0 Å². The number of hydrogen-bond donors (Lipinski definition) is 1. The Morgan fingerprint density at radius 2 is 1.50 bits per heavy atom. The highest BCUT2D eigenvalue weighted by Crippen LogP contribution is 2.43. The van der Waals surface area contributed by atoms with Gasteiger partial charge in [0.1, 0.15) is 0 Å². The molecule has 2 rings (SSSR count). The zero-order chi connectivity index (χ0) is 11.8. The summed E-state index contributed by atoms with van der Waals surface area (Å²) in [6.07, 6.45) is -0.220. The SMILES string of the molecule is OC1(c2ccc(Br)cc2)CCC(F)(F)CC1. The van der Waals surface area contributed by atoms with Crippen LogP contribution in [-0.4, -0.2) is 11.0 Å².